The highest BCUT2D eigenvalue weighted by Gasteiger charge is 2.21. The lowest BCUT2D eigenvalue weighted by molar-refractivity contribution is -0.117. The van der Waals surface area contributed by atoms with Gasteiger partial charge in [-0.2, -0.15) is 0 Å². The predicted molar refractivity (Wildman–Crippen MR) is 88.0 cm³/mol. The molecule has 2 rings (SSSR count). The number of amides is 1. The smallest absolute Gasteiger partial charge is 0.244 e. The van der Waals surface area contributed by atoms with Crippen molar-refractivity contribution < 1.29 is 19.1 Å². The molecule has 1 fully saturated rings. The first-order valence-corrected chi connectivity index (χ1v) is 8.01. The van der Waals surface area contributed by atoms with E-state index >= 15 is 0 Å². The van der Waals surface area contributed by atoms with Gasteiger partial charge >= 0.3 is 0 Å². The fourth-order valence-electron chi connectivity index (χ4n) is 2.75. The number of piperidine rings is 1. The number of methoxy groups -OCH3 is 1. The van der Waals surface area contributed by atoms with Gasteiger partial charge in [0.1, 0.15) is 11.5 Å². The Balaban J connectivity index is 1.69. The molecule has 1 unspecified atom stereocenters. The van der Waals surface area contributed by atoms with Gasteiger partial charge in [-0.05, 0) is 38.0 Å². The summed E-state index contributed by atoms with van der Waals surface area (Å²) in [6, 6.07) is 3.88. The lowest BCUT2D eigenvalue weighted by Crippen LogP contribution is -2.46. The average molecular weight is 322 g/mol. The molecule has 128 valence electrons. The molecule has 23 heavy (non-hydrogen) atoms. The summed E-state index contributed by atoms with van der Waals surface area (Å²) in [5.74, 6) is 1.41. The minimum atomic E-state index is -0.453. The van der Waals surface area contributed by atoms with E-state index in [9.17, 15) is 9.90 Å². The second kappa shape index (κ2) is 8.86. The zero-order valence-electron chi connectivity index (χ0n) is 13.8. The first kappa shape index (κ1) is 17.7. The number of carbonyl (C=O) groups is 1. The Morgan fingerprint density at radius 3 is 2.87 bits per heavy atom. The molecule has 0 aromatic carbocycles. The van der Waals surface area contributed by atoms with Gasteiger partial charge in [-0.15, -0.1) is 0 Å². The highest BCUT2D eigenvalue weighted by Crippen LogP contribution is 2.11. The Kier molecular flexibility index (Phi) is 6.83. The molecular weight excluding hydrogens is 296 g/mol. The third-order valence-corrected chi connectivity index (χ3v) is 3.92. The van der Waals surface area contributed by atoms with Crippen LogP contribution in [0.2, 0.25) is 0 Å². The van der Waals surface area contributed by atoms with E-state index in [2.05, 4.69) is 10.2 Å². The number of nitrogens with one attached hydrogen (secondary N) is 1. The van der Waals surface area contributed by atoms with Crippen LogP contribution in [0.5, 0.6) is 0 Å². The van der Waals surface area contributed by atoms with Gasteiger partial charge in [-0.1, -0.05) is 0 Å². The molecule has 2 heterocycles. The van der Waals surface area contributed by atoms with Crippen LogP contribution in [0.4, 0.5) is 0 Å². The van der Waals surface area contributed by atoms with Crippen molar-refractivity contribution in [1.82, 2.24) is 10.2 Å². The fraction of sp³-hybridized carbons (Fsp3) is 0.588. The van der Waals surface area contributed by atoms with Gasteiger partial charge < -0.3 is 24.5 Å². The Morgan fingerprint density at radius 2 is 2.26 bits per heavy atom. The largest absolute Gasteiger partial charge is 0.462 e. The van der Waals surface area contributed by atoms with Gasteiger partial charge in [0, 0.05) is 38.9 Å². The first-order valence-electron chi connectivity index (χ1n) is 8.01. The lowest BCUT2D eigenvalue weighted by atomic mass is 10.0. The molecule has 1 amide bonds. The molecular formula is C17H26N2O4. The monoisotopic (exact) mass is 322 g/mol. The van der Waals surface area contributed by atoms with Crippen molar-refractivity contribution in [2.75, 3.05) is 33.4 Å². The predicted octanol–water partition coefficient (Wildman–Crippen LogP) is 1.19. The van der Waals surface area contributed by atoms with E-state index in [-0.39, 0.29) is 11.9 Å². The van der Waals surface area contributed by atoms with Gasteiger partial charge in [0.15, 0.2) is 0 Å². The van der Waals surface area contributed by atoms with Crippen LogP contribution in [0.15, 0.2) is 22.6 Å². The number of hydrogen-bond acceptors (Lipinski definition) is 5. The van der Waals surface area contributed by atoms with Crippen LogP contribution in [0.25, 0.3) is 6.08 Å². The van der Waals surface area contributed by atoms with Crippen LogP contribution < -0.4 is 5.32 Å². The van der Waals surface area contributed by atoms with Gasteiger partial charge in [0.25, 0.3) is 0 Å². The maximum absolute atomic E-state index is 11.9. The van der Waals surface area contributed by atoms with Crippen molar-refractivity contribution in [3.05, 3.63) is 29.7 Å². The highest BCUT2D eigenvalue weighted by molar-refractivity contribution is 5.91. The van der Waals surface area contributed by atoms with E-state index in [1.54, 1.807) is 13.2 Å². The summed E-state index contributed by atoms with van der Waals surface area (Å²) in [5.41, 5.74) is 0. The first-order chi connectivity index (χ1) is 11.1. The Hall–Kier alpha value is -1.63. The van der Waals surface area contributed by atoms with E-state index in [0.29, 0.717) is 18.9 Å². The number of β-amino-alcohol motifs (C(OH)–C–C–N with tert-alkyl or cyclic N) is 1. The summed E-state index contributed by atoms with van der Waals surface area (Å²) in [5, 5.41) is 12.8. The topological polar surface area (TPSA) is 74.9 Å². The third-order valence-electron chi connectivity index (χ3n) is 3.92. The molecule has 2 N–H and O–H groups in total. The van der Waals surface area contributed by atoms with E-state index in [1.165, 1.54) is 6.08 Å². The maximum Gasteiger partial charge on any atom is 0.244 e. The summed E-state index contributed by atoms with van der Waals surface area (Å²) < 4.78 is 10.3. The Labute approximate surface area is 137 Å². The van der Waals surface area contributed by atoms with Crippen LogP contribution >= 0.6 is 0 Å². The summed E-state index contributed by atoms with van der Waals surface area (Å²) in [4.78, 5) is 14.1. The molecule has 6 heteroatoms. The molecule has 0 spiro atoms. The minimum Gasteiger partial charge on any atom is -0.462 e. The molecule has 1 saturated heterocycles. The Morgan fingerprint density at radius 1 is 1.52 bits per heavy atom. The van der Waals surface area contributed by atoms with Gasteiger partial charge in [0.2, 0.25) is 5.91 Å². The molecule has 1 atom stereocenters. The summed E-state index contributed by atoms with van der Waals surface area (Å²) in [6.07, 6.45) is 4.51. The number of aliphatic hydroxyl groups excluding tert-OH is 1. The quantitative estimate of drug-likeness (QED) is 0.738. The zero-order valence-corrected chi connectivity index (χ0v) is 13.8. The van der Waals surface area contributed by atoms with Crippen molar-refractivity contribution in [2.24, 2.45) is 0 Å². The van der Waals surface area contributed by atoms with Crippen LogP contribution in [-0.4, -0.2) is 61.4 Å². The summed E-state index contributed by atoms with van der Waals surface area (Å²) >= 11 is 0. The summed E-state index contributed by atoms with van der Waals surface area (Å²) in [7, 11) is 1.59. The molecule has 1 aliphatic heterocycles. The van der Waals surface area contributed by atoms with Crippen LogP contribution in [0.1, 0.15) is 24.4 Å². The SMILES string of the molecule is COCC(O)CN1CCC(NC(=O)/C=C/c2ccc(C)o2)CC1. The van der Waals surface area contributed by atoms with Crippen LogP contribution in [0.3, 0.4) is 0 Å². The number of aryl methyl sites for hydroxylation is 1. The average Bonchev–Trinajstić information content (AvgIpc) is 2.93. The fourth-order valence-corrected chi connectivity index (χ4v) is 2.75. The van der Waals surface area contributed by atoms with Crippen molar-refractivity contribution in [1.29, 1.82) is 0 Å². The van der Waals surface area contributed by atoms with E-state index < -0.39 is 6.10 Å². The van der Waals surface area contributed by atoms with Crippen molar-refractivity contribution in [3.63, 3.8) is 0 Å². The van der Waals surface area contributed by atoms with Crippen molar-refractivity contribution >= 4 is 12.0 Å². The van der Waals surface area contributed by atoms with E-state index in [0.717, 1.165) is 31.7 Å². The molecule has 1 aromatic rings. The minimum absolute atomic E-state index is 0.100. The molecule has 0 radical (unpaired) electrons. The van der Waals surface area contributed by atoms with E-state index in [1.807, 2.05) is 19.1 Å². The third kappa shape index (κ3) is 6.17. The number of nitrogens with zero attached hydrogens (tertiary/aromatic N) is 1. The molecule has 0 bridgehead atoms. The zero-order chi connectivity index (χ0) is 16.7. The number of aliphatic hydroxyl groups is 1. The molecule has 6 nitrogen and oxygen atoms in total. The molecule has 0 saturated carbocycles. The number of ether oxygens (including phenoxy) is 1. The summed E-state index contributed by atoms with van der Waals surface area (Å²) in [6.45, 7) is 4.58. The van der Waals surface area contributed by atoms with Gasteiger partial charge in [-0.3, -0.25) is 4.79 Å². The molecule has 1 aromatic heterocycles. The highest BCUT2D eigenvalue weighted by atomic mass is 16.5. The van der Waals surface area contributed by atoms with E-state index in [4.69, 9.17) is 9.15 Å². The molecule has 0 aliphatic carbocycles. The van der Waals surface area contributed by atoms with Crippen molar-refractivity contribution in [2.45, 2.75) is 31.9 Å². The normalized spacial score (nSPS) is 18.4. The maximum atomic E-state index is 11.9. The van der Waals surface area contributed by atoms with Gasteiger partial charge in [0.05, 0.1) is 12.7 Å². The number of rotatable bonds is 7. The van der Waals surface area contributed by atoms with Crippen molar-refractivity contribution in [3.8, 4) is 0 Å². The Bertz CT molecular complexity index is 518. The standard InChI is InChI=1S/C17H26N2O4/c1-13-3-4-16(23-13)5-6-17(21)18-14-7-9-19(10-8-14)11-15(20)12-22-2/h3-6,14-15,20H,7-12H2,1-2H3,(H,18,21)/b6-5+. The lowest BCUT2D eigenvalue weighted by Gasteiger charge is -2.33. The molecule has 1 aliphatic rings. The number of likely N-dealkylation sites (tertiary alicyclic amines) is 1. The number of furan rings is 1. The second-order valence-corrected chi connectivity index (χ2v) is 5.97. The van der Waals surface area contributed by atoms with Gasteiger partial charge in [-0.25, -0.2) is 0 Å². The number of carbonyl (C=O) groups excluding carboxylic acids is 1. The van der Waals surface area contributed by atoms with Crippen LogP contribution in [-0.2, 0) is 9.53 Å². The number of hydrogen-bond donors (Lipinski definition) is 2. The second-order valence-electron chi connectivity index (χ2n) is 5.97. The van der Waals surface area contributed by atoms with Crippen LogP contribution in [0, 0.1) is 6.92 Å².